The second-order valence-corrected chi connectivity index (χ2v) is 5.27. The molecule has 1 amide bonds. The van der Waals surface area contributed by atoms with Crippen LogP contribution in [-0.2, 0) is 0 Å². The van der Waals surface area contributed by atoms with Crippen molar-refractivity contribution in [1.29, 1.82) is 0 Å². The van der Waals surface area contributed by atoms with Crippen molar-refractivity contribution in [2.45, 2.75) is 20.3 Å². The van der Waals surface area contributed by atoms with E-state index < -0.39 is 0 Å². The zero-order valence-corrected chi connectivity index (χ0v) is 13.0. The average molecular weight is 290 g/mol. The van der Waals surface area contributed by atoms with Gasteiger partial charge in [0.25, 0.3) is 5.91 Å². The zero-order chi connectivity index (χ0) is 15.1. The maximum Gasteiger partial charge on any atom is 0.253 e. The van der Waals surface area contributed by atoms with Crippen LogP contribution in [0.3, 0.4) is 0 Å². The lowest BCUT2D eigenvalue weighted by atomic mass is 10.1. The van der Waals surface area contributed by atoms with Crippen molar-refractivity contribution in [3.63, 3.8) is 0 Å². The van der Waals surface area contributed by atoms with E-state index in [1.54, 1.807) is 0 Å². The fourth-order valence-corrected chi connectivity index (χ4v) is 2.63. The van der Waals surface area contributed by atoms with Gasteiger partial charge >= 0.3 is 0 Å². The fourth-order valence-electron chi connectivity index (χ4n) is 2.63. The number of para-hydroxylation sites is 1. The quantitative estimate of drug-likeness (QED) is 0.719. The third-order valence-electron chi connectivity index (χ3n) is 3.75. The van der Waals surface area contributed by atoms with Gasteiger partial charge in [0.05, 0.1) is 16.9 Å². The standard InChI is InChI=1S/C16H26N4O/c1-3-11-20(4-2)12-10-19-16(21)13-6-5-7-14-15(13)18-9-8-17-14/h5-7,17-18H,3-4,8-12H2,1-2H3,(H,19,21). The smallest absolute Gasteiger partial charge is 0.253 e. The number of rotatable bonds is 7. The molecule has 1 aliphatic heterocycles. The summed E-state index contributed by atoms with van der Waals surface area (Å²) in [6.07, 6.45) is 1.14. The first-order valence-corrected chi connectivity index (χ1v) is 7.87. The molecule has 0 bridgehead atoms. The van der Waals surface area contributed by atoms with Crippen molar-refractivity contribution in [3.8, 4) is 0 Å². The first kappa shape index (κ1) is 15.6. The Hall–Kier alpha value is -1.75. The Kier molecular flexibility index (Phi) is 5.87. The van der Waals surface area contributed by atoms with Crippen LogP contribution < -0.4 is 16.0 Å². The number of hydrogen-bond acceptors (Lipinski definition) is 4. The summed E-state index contributed by atoms with van der Waals surface area (Å²) in [5.74, 6) is -0.00407. The minimum absolute atomic E-state index is 0.00407. The van der Waals surface area contributed by atoms with Gasteiger partial charge in [-0.05, 0) is 31.6 Å². The number of nitrogens with one attached hydrogen (secondary N) is 3. The molecule has 3 N–H and O–H groups in total. The van der Waals surface area contributed by atoms with Crippen LogP contribution in [0.25, 0.3) is 0 Å². The van der Waals surface area contributed by atoms with Gasteiger partial charge in [-0.15, -0.1) is 0 Å². The van der Waals surface area contributed by atoms with Gasteiger partial charge in [-0.25, -0.2) is 0 Å². The van der Waals surface area contributed by atoms with Crippen LogP contribution in [0.15, 0.2) is 18.2 Å². The van der Waals surface area contributed by atoms with Crippen LogP contribution >= 0.6 is 0 Å². The number of hydrogen-bond donors (Lipinski definition) is 3. The van der Waals surface area contributed by atoms with Gasteiger partial charge < -0.3 is 20.9 Å². The maximum atomic E-state index is 12.3. The molecule has 0 unspecified atom stereocenters. The van der Waals surface area contributed by atoms with Crippen LogP contribution in [0.4, 0.5) is 11.4 Å². The first-order valence-electron chi connectivity index (χ1n) is 7.87. The molecule has 0 aromatic heterocycles. The molecule has 0 saturated heterocycles. The van der Waals surface area contributed by atoms with Crippen molar-refractivity contribution in [1.82, 2.24) is 10.2 Å². The minimum atomic E-state index is -0.00407. The topological polar surface area (TPSA) is 56.4 Å². The Morgan fingerprint density at radius 2 is 2.05 bits per heavy atom. The summed E-state index contributed by atoms with van der Waals surface area (Å²) in [6.45, 7) is 9.75. The van der Waals surface area contributed by atoms with Crippen molar-refractivity contribution >= 4 is 17.3 Å². The maximum absolute atomic E-state index is 12.3. The molecule has 5 heteroatoms. The molecule has 5 nitrogen and oxygen atoms in total. The highest BCUT2D eigenvalue weighted by Gasteiger charge is 2.16. The normalized spacial score (nSPS) is 13.3. The molecule has 0 aliphatic carbocycles. The number of carbonyl (C=O) groups excluding carboxylic acids is 1. The molecule has 0 fully saturated rings. The zero-order valence-electron chi connectivity index (χ0n) is 13.0. The largest absolute Gasteiger partial charge is 0.382 e. The number of likely N-dealkylation sites (N-methyl/N-ethyl adjacent to an activating group) is 1. The van der Waals surface area contributed by atoms with Crippen molar-refractivity contribution < 1.29 is 4.79 Å². The summed E-state index contributed by atoms with van der Waals surface area (Å²) < 4.78 is 0. The number of benzene rings is 1. The number of nitrogens with zero attached hydrogens (tertiary/aromatic N) is 1. The fraction of sp³-hybridized carbons (Fsp3) is 0.562. The Balaban J connectivity index is 1.92. The lowest BCUT2D eigenvalue weighted by molar-refractivity contribution is 0.0949. The molecule has 0 spiro atoms. The number of fused-ring (bicyclic) bond motifs is 1. The van der Waals surface area contributed by atoms with Gasteiger partial charge in [-0.1, -0.05) is 19.9 Å². The van der Waals surface area contributed by atoms with E-state index in [9.17, 15) is 4.79 Å². The molecule has 2 rings (SSSR count). The van der Waals surface area contributed by atoms with Crippen LogP contribution in [0.2, 0.25) is 0 Å². The monoisotopic (exact) mass is 290 g/mol. The number of carbonyl (C=O) groups is 1. The number of amides is 1. The second-order valence-electron chi connectivity index (χ2n) is 5.27. The van der Waals surface area contributed by atoms with E-state index in [2.05, 4.69) is 34.7 Å². The van der Waals surface area contributed by atoms with Gasteiger partial charge in [0.15, 0.2) is 0 Å². The third kappa shape index (κ3) is 4.11. The van der Waals surface area contributed by atoms with Crippen molar-refractivity contribution in [3.05, 3.63) is 23.8 Å². The van der Waals surface area contributed by atoms with Gasteiger partial charge in [0, 0.05) is 26.2 Å². The molecule has 1 aromatic carbocycles. The SMILES string of the molecule is CCCN(CC)CCNC(=O)c1cccc2c1NCCN2. The van der Waals surface area contributed by atoms with E-state index in [0.29, 0.717) is 6.54 Å². The summed E-state index contributed by atoms with van der Waals surface area (Å²) in [7, 11) is 0. The summed E-state index contributed by atoms with van der Waals surface area (Å²) in [5, 5.41) is 9.64. The highest BCUT2D eigenvalue weighted by Crippen LogP contribution is 2.28. The first-order chi connectivity index (χ1) is 10.3. The number of anilines is 2. The minimum Gasteiger partial charge on any atom is -0.382 e. The second kappa shape index (κ2) is 7.88. The van der Waals surface area contributed by atoms with Crippen LogP contribution in [0, 0.1) is 0 Å². The summed E-state index contributed by atoms with van der Waals surface area (Å²) >= 11 is 0. The Morgan fingerprint density at radius 3 is 2.81 bits per heavy atom. The van der Waals surface area contributed by atoms with Gasteiger partial charge in [-0.3, -0.25) is 4.79 Å². The average Bonchev–Trinajstić information content (AvgIpc) is 2.53. The van der Waals surface area contributed by atoms with E-state index >= 15 is 0 Å². The molecule has 116 valence electrons. The molecule has 21 heavy (non-hydrogen) atoms. The van der Waals surface area contributed by atoms with Crippen LogP contribution in [-0.4, -0.2) is 50.1 Å². The highest BCUT2D eigenvalue weighted by molar-refractivity contribution is 6.02. The van der Waals surface area contributed by atoms with Crippen LogP contribution in [0.1, 0.15) is 30.6 Å². The third-order valence-corrected chi connectivity index (χ3v) is 3.75. The predicted octanol–water partition coefficient (Wildman–Crippen LogP) is 1.99. The van der Waals surface area contributed by atoms with Gasteiger partial charge in [0.1, 0.15) is 0 Å². The molecule has 1 aliphatic rings. The molecular formula is C16H26N4O. The highest BCUT2D eigenvalue weighted by atomic mass is 16.1. The van der Waals surface area contributed by atoms with Gasteiger partial charge in [-0.2, -0.15) is 0 Å². The Bertz CT molecular complexity index is 475. The summed E-state index contributed by atoms with van der Waals surface area (Å²) in [5.41, 5.74) is 2.65. The Labute approximate surface area is 127 Å². The predicted molar refractivity (Wildman–Crippen MR) is 88.2 cm³/mol. The lowest BCUT2D eigenvalue weighted by Crippen LogP contribution is -2.35. The van der Waals surface area contributed by atoms with E-state index in [-0.39, 0.29) is 5.91 Å². The van der Waals surface area contributed by atoms with Crippen molar-refractivity contribution in [2.24, 2.45) is 0 Å². The molecule has 0 saturated carbocycles. The molecule has 0 atom stereocenters. The van der Waals surface area contributed by atoms with Crippen molar-refractivity contribution in [2.75, 3.05) is 49.9 Å². The summed E-state index contributed by atoms with van der Waals surface area (Å²) in [6, 6.07) is 5.79. The lowest BCUT2D eigenvalue weighted by Gasteiger charge is -2.23. The van der Waals surface area contributed by atoms with Crippen LogP contribution in [0.5, 0.6) is 0 Å². The molecule has 0 radical (unpaired) electrons. The Morgan fingerprint density at radius 1 is 1.24 bits per heavy atom. The van der Waals surface area contributed by atoms with Gasteiger partial charge in [0.2, 0.25) is 0 Å². The van der Waals surface area contributed by atoms with E-state index in [4.69, 9.17) is 0 Å². The molecular weight excluding hydrogens is 264 g/mol. The van der Waals surface area contributed by atoms with E-state index in [0.717, 1.165) is 56.1 Å². The molecule has 1 heterocycles. The van der Waals surface area contributed by atoms with E-state index in [1.807, 2.05) is 18.2 Å². The van der Waals surface area contributed by atoms with E-state index in [1.165, 1.54) is 0 Å². The summed E-state index contributed by atoms with van der Waals surface area (Å²) in [4.78, 5) is 14.7. The molecule has 1 aromatic rings.